The maximum absolute atomic E-state index is 12.9. The van der Waals surface area contributed by atoms with Crippen LogP contribution in [0.3, 0.4) is 0 Å². The summed E-state index contributed by atoms with van der Waals surface area (Å²) in [5.41, 5.74) is -0.241. The van der Waals surface area contributed by atoms with Gasteiger partial charge in [0.25, 0.3) is 0 Å². The number of halogens is 1. The largest absolute Gasteiger partial charge is 0.479 e. The molecule has 2 atom stereocenters. The Hall–Kier alpha value is -1.58. The molecule has 4 heteroatoms. The molecule has 1 aliphatic rings. The molecule has 1 aliphatic carbocycles. The van der Waals surface area contributed by atoms with Crippen molar-refractivity contribution in [2.45, 2.75) is 44.6 Å². The average molecular weight is 265 g/mol. The number of rotatable bonds is 4. The number of nitrogens with one attached hydrogen (secondary N) is 1. The summed E-state index contributed by atoms with van der Waals surface area (Å²) in [6, 6.07) is 5.89. The molecule has 0 aliphatic heterocycles. The Kier molecular flexibility index (Phi) is 4.08. The number of aliphatic carboxylic acids is 1. The monoisotopic (exact) mass is 265 g/mol. The first-order valence-electron chi connectivity index (χ1n) is 6.85. The topological polar surface area (TPSA) is 49.3 Å². The zero-order valence-corrected chi connectivity index (χ0v) is 11.2. The van der Waals surface area contributed by atoms with Gasteiger partial charge in [-0.1, -0.05) is 26.2 Å². The molecular weight excluding hydrogens is 245 g/mol. The molecule has 2 rings (SSSR count). The normalized spacial score (nSPS) is 26.9. The minimum Gasteiger partial charge on any atom is -0.479 e. The fourth-order valence-electron chi connectivity index (χ4n) is 3.09. The van der Waals surface area contributed by atoms with Crippen LogP contribution in [0.1, 0.15) is 39.0 Å². The summed E-state index contributed by atoms with van der Waals surface area (Å²) in [6.07, 6.45) is 4.38. The highest BCUT2D eigenvalue weighted by Gasteiger charge is 2.46. The van der Waals surface area contributed by atoms with Crippen LogP contribution in [0.25, 0.3) is 0 Å². The lowest BCUT2D eigenvalue weighted by atomic mass is 9.71. The summed E-state index contributed by atoms with van der Waals surface area (Å²) in [4.78, 5) is 11.8. The second-order valence-corrected chi connectivity index (χ2v) is 5.26. The number of carboxylic acid groups (broad SMARTS) is 1. The van der Waals surface area contributed by atoms with Gasteiger partial charge in [0.2, 0.25) is 0 Å². The average Bonchev–Trinajstić information content (AvgIpc) is 2.41. The van der Waals surface area contributed by atoms with Crippen LogP contribution in [-0.4, -0.2) is 16.6 Å². The molecule has 0 saturated heterocycles. The fraction of sp³-hybridized carbons (Fsp3) is 0.533. The van der Waals surface area contributed by atoms with E-state index in [-0.39, 0.29) is 11.7 Å². The highest BCUT2D eigenvalue weighted by Crippen LogP contribution is 2.38. The van der Waals surface area contributed by atoms with Crippen molar-refractivity contribution in [1.29, 1.82) is 0 Å². The van der Waals surface area contributed by atoms with Crippen LogP contribution in [0.2, 0.25) is 0 Å². The smallest absolute Gasteiger partial charge is 0.329 e. The first-order valence-corrected chi connectivity index (χ1v) is 6.85. The quantitative estimate of drug-likeness (QED) is 0.873. The molecule has 0 bridgehead atoms. The zero-order chi connectivity index (χ0) is 13.9. The molecule has 19 heavy (non-hydrogen) atoms. The Morgan fingerprint density at radius 2 is 2.11 bits per heavy atom. The molecule has 1 aromatic carbocycles. The second-order valence-electron chi connectivity index (χ2n) is 5.26. The van der Waals surface area contributed by atoms with Crippen molar-refractivity contribution in [2.24, 2.45) is 5.92 Å². The van der Waals surface area contributed by atoms with Crippen LogP contribution < -0.4 is 5.32 Å². The maximum Gasteiger partial charge on any atom is 0.329 e. The van der Waals surface area contributed by atoms with E-state index >= 15 is 0 Å². The van der Waals surface area contributed by atoms with Gasteiger partial charge in [-0.25, -0.2) is 9.18 Å². The molecule has 3 nitrogen and oxygen atoms in total. The number of anilines is 1. The summed E-state index contributed by atoms with van der Waals surface area (Å²) in [7, 11) is 0. The summed E-state index contributed by atoms with van der Waals surface area (Å²) < 4.78 is 12.9. The van der Waals surface area contributed by atoms with Gasteiger partial charge in [-0.3, -0.25) is 0 Å². The zero-order valence-electron chi connectivity index (χ0n) is 11.2. The van der Waals surface area contributed by atoms with Gasteiger partial charge in [-0.05, 0) is 43.0 Å². The minimum atomic E-state index is -0.912. The molecule has 1 aromatic rings. The van der Waals surface area contributed by atoms with Gasteiger partial charge < -0.3 is 10.4 Å². The van der Waals surface area contributed by atoms with Crippen molar-refractivity contribution < 1.29 is 14.3 Å². The van der Waals surface area contributed by atoms with Crippen molar-refractivity contribution in [2.75, 3.05) is 5.32 Å². The fourth-order valence-corrected chi connectivity index (χ4v) is 3.09. The van der Waals surface area contributed by atoms with Crippen LogP contribution in [0.5, 0.6) is 0 Å². The molecule has 2 N–H and O–H groups in total. The van der Waals surface area contributed by atoms with Gasteiger partial charge >= 0.3 is 5.97 Å². The molecule has 0 radical (unpaired) electrons. The molecule has 1 fully saturated rings. The van der Waals surface area contributed by atoms with Crippen LogP contribution >= 0.6 is 0 Å². The second kappa shape index (κ2) is 5.59. The predicted octanol–water partition coefficient (Wildman–Crippen LogP) is 3.66. The van der Waals surface area contributed by atoms with Crippen molar-refractivity contribution >= 4 is 11.7 Å². The third-order valence-electron chi connectivity index (χ3n) is 4.16. The first-order chi connectivity index (χ1) is 9.08. The Bertz CT molecular complexity index is 446. The van der Waals surface area contributed by atoms with E-state index in [2.05, 4.69) is 5.32 Å². The lowest BCUT2D eigenvalue weighted by molar-refractivity contribution is -0.145. The van der Waals surface area contributed by atoms with E-state index in [0.29, 0.717) is 12.1 Å². The van der Waals surface area contributed by atoms with E-state index in [1.165, 1.54) is 12.1 Å². The molecule has 104 valence electrons. The Morgan fingerprint density at radius 1 is 1.42 bits per heavy atom. The molecule has 2 unspecified atom stereocenters. The Morgan fingerprint density at radius 3 is 2.68 bits per heavy atom. The molecule has 0 heterocycles. The van der Waals surface area contributed by atoms with Crippen molar-refractivity contribution in [3.8, 4) is 0 Å². The van der Waals surface area contributed by atoms with E-state index in [9.17, 15) is 14.3 Å². The number of hydrogen-bond donors (Lipinski definition) is 2. The minimum absolute atomic E-state index is 0.115. The number of benzene rings is 1. The number of carboxylic acids is 1. The van der Waals surface area contributed by atoms with Crippen molar-refractivity contribution in [1.82, 2.24) is 0 Å². The van der Waals surface area contributed by atoms with E-state index in [4.69, 9.17) is 0 Å². The van der Waals surface area contributed by atoms with Gasteiger partial charge in [-0.15, -0.1) is 0 Å². The van der Waals surface area contributed by atoms with Gasteiger partial charge in [-0.2, -0.15) is 0 Å². The summed E-state index contributed by atoms with van der Waals surface area (Å²) in [5, 5.41) is 12.8. The van der Waals surface area contributed by atoms with Crippen LogP contribution in [-0.2, 0) is 4.79 Å². The van der Waals surface area contributed by atoms with Gasteiger partial charge in [0.05, 0.1) is 0 Å². The van der Waals surface area contributed by atoms with Gasteiger partial charge in [0, 0.05) is 5.69 Å². The Labute approximate surface area is 112 Å². The van der Waals surface area contributed by atoms with Gasteiger partial charge in [0.1, 0.15) is 11.4 Å². The summed E-state index contributed by atoms with van der Waals surface area (Å²) in [6.45, 7) is 2.03. The third-order valence-corrected chi connectivity index (χ3v) is 4.16. The van der Waals surface area contributed by atoms with Crippen LogP contribution in [0.15, 0.2) is 24.3 Å². The highest BCUT2D eigenvalue weighted by molar-refractivity contribution is 5.83. The number of hydrogen-bond acceptors (Lipinski definition) is 2. The highest BCUT2D eigenvalue weighted by atomic mass is 19.1. The molecule has 0 spiro atoms. The van der Waals surface area contributed by atoms with Gasteiger partial charge in [0.15, 0.2) is 0 Å². The Balaban J connectivity index is 2.28. The third kappa shape index (κ3) is 2.72. The first kappa shape index (κ1) is 13.8. The maximum atomic E-state index is 12.9. The SMILES string of the molecule is CCC1CCCCC1(Nc1ccc(F)cc1)C(=O)O. The van der Waals surface area contributed by atoms with Crippen LogP contribution in [0, 0.1) is 11.7 Å². The summed E-state index contributed by atoms with van der Waals surface area (Å²) >= 11 is 0. The van der Waals surface area contributed by atoms with E-state index in [0.717, 1.165) is 25.7 Å². The molecule has 0 aromatic heterocycles. The van der Waals surface area contributed by atoms with E-state index in [1.807, 2.05) is 6.92 Å². The van der Waals surface area contributed by atoms with Crippen molar-refractivity contribution in [3.63, 3.8) is 0 Å². The standard InChI is InChI=1S/C15H20FNO2/c1-2-11-5-3-4-10-15(11,14(18)19)17-13-8-6-12(16)7-9-13/h6-9,11,17H,2-5,10H2,1H3,(H,18,19). The van der Waals surface area contributed by atoms with Crippen molar-refractivity contribution in [3.05, 3.63) is 30.1 Å². The molecular formula is C15H20FNO2. The number of carbonyl (C=O) groups is 1. The summed E-state index contributed by atoms with van der Waals surface area (Å²) in [5.74, 6) is -1.00. The lowest BCUT2D eigenvalue weighted by Gasteiger charge is -2.41. The van der Waals surface area contributed by atoms with E-state index in [1.54, 1.807) is 12.1 Å². The predicted molar refractivity (Wildman–Crippen MR) is 72.6 cm³/mol. The van der Waals surface area contributed by atoms with Crippen LogP contribution in [0.4, 0.5) is 10.1 Å². The molecule has 0 amide bonds. The van der Waals surface area contributed by atoms with E-state index < -0.39 is 11.5 Å². The lowest BCUT2D eigenvalue weighted by Crippen LogP contribution is -2.54. The molecule has 1 saturated carbocycles.